The number of aliphatic imine (C=N–C) groups is 1. The van der Waals surface area contributed by atoms with Crippen molar-refractivity contribution in [1.82, 2.24) is 5.32 Å². The first kappa shape index (κ1) is 18.4. The van der Waals surface area contributed by atoms with Crippen LogP contribution in [0.4, 0.5) is 10.5 Å². The van der Waals surface area contributed by atoms with Crippen LogP contribution in [0, 0.1) is 0 Å². The Hall–Kier alpha value is -2.66. The third-order valence-corrected chi connectivity index (χ3v) is 2.73. The van der Waals surface area contributed by atoms with Gasteiger partial charge in [0.05, 0.1) is 12.8 Å². The summed E-state index contributed by atoms with van der Waals surface area (Å²) in [5, 5.41) is 2.49. The van der Waals surface area contributed by atoms with Crippen LogP contribution in [0.25, 0.3) is 0 Å². The molecular formula is C16H20N2O5. The molecular weight excluding hydrogens is 300 g/mol. The molecule has 7 nitrogen and oxygen atoms in total. The van der Waals surface area contributed by atoms with Gasteiger partial charge in [-0.25, -0.2) is 14.4 Å². The number of nitrogens with zero attached hydrogens (tertiary/aromatic N) is 1. The Morgan fingerprint density at radius 2 is 1.87 bits per heavy atom. The number of isocyanates is 1. The molecule has 0 bridgehead atoms. The van der Waals surface area contributed by atoms with Gasteiger partial charge in [0.15, 0.2) is 0 Å². The van der Waals surface area contributed by atoms with Gasteiger partial charge in [-0.2, -0.15) is 4.99 Å². The number of nitrogens with one attached hydrogen (secondary N) is 1. The van der Waals surface area contributed by atoms with Crippen molar-refractivity contribution < 1.29 is 23.9 Å². The van der Waals surface area contributed by atoms with E-state index in [-0.39, 0.29) is 6.42 Å². The first-order chi connectivity index (χ1) is 10.7. The standard InChI is InChI=1S/C16H20N2O5/c1-16(2,3)23-15(21)18-13(14(20)22-4)9-11-5-7-12(8-6-11)17-10-19/h5-8,13H,9H2,1-4H3,(H,18,21). The zero-order valence-corrected chi connectivity index (χ0v) is 13.6. The molecule has 1 amide bonds. The first-order valence-electron chi connectivity index (χ1n) is 6.99. The van der Waals surface area contributed by atoms with Gasteiger partial charge in [-0.05, 0) is 38.5 Å². The first-order valence-corrected chi connectivity index (χ1v) is 6.99. The molecule has 0 fully saturated rings. The Bertz CT molecular complexity index is 598. The predicted molar refractivity (Wildman–Crippen MR) is 83.1 cm³/mol. The smallest absolute Gasteiger partial charge is 0.408 e. The van der Waals surface area contributed by atoms with E-state index in [1.165, 1.54) is 13.2 Å². The molecule has 7 heteroatoms. The van der Waals surface area contributed by atoms with E-state index < -0.39 is 23.7 Å². The molecule has 0 heterocycles. The molecule has 1 aromatic rings. The Morgan fingerprint density at radius 1 is 1.26 bits per heavy atom. The average Bonchev–Trinajstić information content (AvgIpc) is 2.46. The van der Waals surface area contributed by atoms with Gasteiger partial charge in [-0.3, -0.25) is 0 Å². The molecule has 0 aliphatic heterocycles. The largest absolute Gasteiger partial charge is 0.467 e. The van der Waals surface area contributed by atoms with Gasteiger partial charge in [0.1, 0.15) is 11.6 Å². The van der Waals surface area contributed by atoms with Crippen molar-refractivity contribution in [1.29, 1.82) is 0 Å². The van der Waals surface area contributed by atoms with E-state index in [0.717, 1.165) is 5.56 Å². The van der Waals surface area contributed by atoms with Gasteiger partial charge in [0.25, 0.3) is 0 Å². The minimum atomic E-state index is -0.879. The molecule has 1 unspecified atom stereocenters. The highest BCUT2D eigenvalue weighted by atomic mass is 16.6. The summed E-state index contributed by atoms with van der Waals surface area (Å²) in [6.45, 7) is 5.18. The third kappa shape index (κ3) is 6.76. The molecule has 1 atom stereocenters. The van der Waals surface area contributed by atoms with Crippen LogP contribution in [-0.4, -0.2) is 36.9 Å². The van der Waals surface area contributed by atoms with E-state index in [4.69, 9.17) is 9.47 Å². The second kappa shape index (κ2) is 8.10. The number of methoxy groups -OCH3 is 1. The van der Waals surface area contributed by atoms with Gasteiger partial charge >= 0.3 is 12.1 Å². The van der Waals surface area contributed by atoms with E-state index in [9.17, 15) is 14.4 Å². The highest BCUT2D eigenvalue weighted by molar-refractivity contribution is 5.81. The van der Waals surface area contributed by atoms with Crippen molar-refractivity contribution in [3.8, 4) is 0 Å². The maximum Gasteiger partial charge on any atom is 0.408 e. The molecule has 0 aromatic heterocycles. The number of hydrogen-bond donors (Lipinski definition) is 1. The van der Waals surface area contributed by atoms with Gasteiger partial charge < -0.3 is 14.8 Å². The summed E-state index contributed by atoms with van der Waals surface area (Å²) in [6, 6.07) is 5.74. The van der Waals surface area contributed by atoms with Crippen LogP contribution in [0.3, 0.4) is 0 Å². The molecule has 1 N–H and O–H groups in total. The summed E-state index contributed by atoms with van der Waals surface area (Å²) >= 11 is 0. The molecule has 0 saturated carbocycles. The monoisotopic (exact) mass is 320 g/mol. The third-order valence-electron chi connectivity index (χ3n) is 2.73. The van der Waals surface area contributed by atoms with Crippen molar-refractivity contribution in [3.05, 3.63) is 29.8 Å². The fourth-order valence-electron chi connectivity index (χ4n) is 1.78. The molecule has 23 heavy (non-hydrogen) atoms. The van der Waals surface area contributed by atoms with Crippen LogP contribution in [0.15, 0.2) is 29.3 Å². The number of benzene rings is 1. The number of carbonyl (C=O) groups excluding carboxylic acids is 3. The van der Waals surface area contributed by atoms with E-state index in [1.807, 2.05) is 0 Å². The summed E-state index contributed by atoms with van der Waals surface area (Å²) in [6.07, 6.45) is 0.967. The fraction of sp³-hybridized carbons (Fsp3) is 0.438. The number of carbonyl (C=O) groups is 2. The topological polar surface area (TPSA) is 94.1 Å². The van der Waals surface area contributed by atoms with E-state index in [0.29, 0.717) is 5.69 Å². The van der Waals surface area contributed by atoms with Crippen LogP contribution < -0.4 is 5.32 Å². The lowest BCUT2D eigenvalue weighted by molar-refractivity contribution is -0.143. The number of rotatable bonds is 5. The Labute approximate surface area is 134 Å². The van der Waals surface area contributed by atoms with Crippen LogP contribution >= 0.6 is 0 Å². The van der Waals surface area contributed by atoms with E-state index in [1.54, 1.807) is 45.0 Å². The van der Waals surface area contributed by atoms with Crippen LogP contribution in [0.5, 0.6) is 0 Å². The van der Waals surface area contributed by atoms with Crippen LogP contribution in [-0.2, 0) is 25.5 Å². The van der Waals surface area contributed by atoms with E-state index >= 15 is 0 Å². The van der Waals surface area contributed by atoms with Crippen molar-refractivity contribution in [3.63, 3.8) is 0 Å². The SMILES string of the molecule is COC(=O)C(Cc1ccc(N=C=O)cc1)NC(=O)OC(C)(C)C. The zero-order valence-electron chi connectivity index (χ0n) is 13.6. The quantitative estimate of drug-likeness (QED) is 0.510. The van der Waals surface area contributed by atoms with Crippen molar-refractivity contribution in [2.24, 2.45) is 4.99 Å². The van der Waals surface area contributed by atoms with Crippen molar-refractivity contribution >= 4 is 23.8 Å². The van der Waals surface area contributed by atoms with Gasteiger partial charge in [0, 0.05) is 6.42 Å². The highest BCUT2D eigenvalue weighted by Crippen LogP contribution is 2.14. The Balaban J connectivity index is 2.80. The number of alkyl carbamates (subject to hydrolysis) is 1. The molecule has 0 saturated heterocycles. The van der Waals surface area contributed by atoms with Crippen LogP contribution in [0.2, 0.25) is 0 Å². The fourth-order valence-corrected chi connectivity index (χ4v) is 1.78. The number of ether oxygens (including phenoxy) is 2. The number of esters is 1. The lowest BCUT2D eigenvalue weighted by Gasteiger charge is -2.22. The molecule has 1 rings (SSSR count). The minimum absolute atomic E-state index is 0.219. The van der Waals surface area contributed by atoms with Crippen LogP contribution in [0.1, 0.15) is 26.3 Å². The Morgan fingerprint density at radius 3 is 2.35 bits per heavy atom. The normalized spacial score (nSPS) is 11.8. The zero-order chi connectivity index (χ0) is 17.5. The lowest BCUT2D eigenvalue weighted by Crippen LogP contribution is -2.45. The lowest BCUT2D eigenvalue weighted by atomic mass is 10.1. The number of hydrogen-bond acceptors (Lipinski definition) is 6. The Kier molecular flexibility index (Phi) is 6.48. The molecule has 1 aromatic carbocycles. The van der Waals surface area contributed by atoms with Crippen molar-refractivity contribution in [2.45, 2.75) is 38.8 Å². The summed E-state index contributed by atoms with van der Waals surface area (Å²) < 4.78 is 9.83. The number of amides is 1. The van der Waals surface area contributed by atoms with Gasteiger partial charge in [-0.15, -0.1) is 0 Å². The molecule has 124 valence electrons. The van der Waals surface area contributed by atoms with Gasteiger partial charge in [0.2, 0.25) is 6.08 Å². The maximum absolute atomic E-state index is 11.8. The molecule has 0 aliphatic carbocycles. The molecule has 0 aliphatic rings. The molecule has 0 radical (unpaired) electrons. The average molecular weight is 320 g/mol. The van der Waals surface area contributed by atoms with E-state index in [2.05, 4.69) is 10.3 Å². The summed E-state index contributed by atoms with van der Waals surface area (Å²) in [4.78, 5) is 37.3. The molecule has 0 spiro atoms. The second-order valence-corrected chi connectivity index (χ2v) is 5.80. The summed E-state index contributed by atoms with van der Waals surface area (Å²) in [5.41, 5.74) is 0.555. The summed E-state index contributed by atoms with van der Waals surface area (Å²) in [5.74, 6) is -0.578. The highest BCUT2D eigenvalue weighted by Gasteiger charge is 2.25. The minimum Gasteiger partial charge on any atom is -0.467 e. The summed E-state index contributed by atoms with van der Waals surface area (Å²) in [7, 11) is 1.24. The van der Waals surface area contributed by atoms with Gasteiger partial charge in [-0.1, -0.05) is 12.1 Å². The second-order valence-electron chi connectivity index (χ2n) is 5.80. The maximum atomic E-state index is 11.8. The van der Waals surface area contributed by atoms with Crippen molar-refractivity contribution in [2.75, 3.05) is 7.11 Å². The predicted octanol–water partition coefficient (Wildman–Crippen LogP) is 2.26.